The molecule has 18 heavy (non-hydrogen) atoms. The highest BCUT2D eigenvalue weighted by Crippen LogP contribution is 2.26. The maximum atomic E-state index is 8.80. The van der Waals surface area contributed by atoms with E-state index in [1.54, 1.807) is 30.7 Å². The van der Waals surface area contributed by atoms with Crippen LogP contribution in [-0.4, -0.2) is 9.97 Å². The summed E-state index contributed by atoms with van der Waals surface area (Å²) in [5, 5.41) is 12.1. The van der Waals surface area contributed by atoms with E-state index >= 15 is 0 Å². The van der Waals surface area contributed by atoms with Gasteiger partial charge in [0, 0.05) is 22.6 Å². The standard InChI is InChI=1S/C13H11BrN4/c1-9(13-8-16-4-5-17-13)18-12-3-2-10(7-15)6-11(12)14/h2-6,8-9,18H,1H3. The van der Waals surface area contributed by atoms with Gasteiger partial charge in [-0.3, -0.25) is 9.97 Å². The molecule has 1 heterocycles. The van der Waals surface area contributed by atoms with Crippen LogP contribution in [0, 0.1) is 11.3 Å². The first-order chi connectivity index (χ1) is 8.70. The minimum Gasteiger partial charge on any atom is -0.376 e. The number of nitrogens with zero attached hydrogens (tertiary/aromatic N) is 3. The molecule has 0 amide bonds. The van der Waals surface area contributed by atoms with Crippen molar-refractivity contribution in [2.75, 3.05) is 5.32 Å². The van der Waals surface area contributed by atoms with Gasteiger partial charge in [-0.05, 0) is 41.1 Å². The molecule has 0 bridgehead atoms. The van der Waals surface area contributed by atoms with E-state index in [1.807, 2.05) is 13.0 Å². The molecule has 0 fully saturated rings. The molecule has 1 atom stereocenters. The van der Waals surface area contributed by atoms with E-state index in [0.717, 1.165) is 15.9 Å². The smallest absolute Gasteiger partial charge is 0.0992 e. The Labute approximate surface area is 114 Å². The van der Waals surface area contributed by atoms with Gasteiger partial charge in [0.2, 0.25) is 0 Å². The fourth-order valence-electron chi connectivity index (χ4n) is 1.54. The lowest BCUT2D eigenvalue weighted by molar-refractivity contribution is 0.826. The SMILES string of the molecule is CC(Nc1ccc(C#N)cc1Br)c1cnccn1. The molecule has 4 nitrogen and oxygen atoms in total. The van der Waals surface area contributed by atoms with Crippen molar-refractivity contribution < 1.29 is 0 Å². The lowest BCUT2D eigenvalue weighted by atomic mass is 10.2. The first-order valence-electron chi connectivity index (χ1n) is 5.43. The van der Waals surface area contributed by atoms with E-state index in [4.69, 9.17) is 5.26 Å². The predicted molar refractivity (Wildman–Crippen MR) is 72.9 cm³/mol. The van der Waals surface area contributed by atoms with Crippen LogP contribution in [0.5, 0.6) is 0 Å². The highest BCUT2D eigenvalue weighted by molar-refractivity contribution is 9.10. The van der Waals surface area contributed by atoms with Crippen molar-refractivity contribution in [3.8, 4) is 6.07 Å². The molecule has 0 spiro atoms. The van der Waals surface area contributed by atoms with Gasteiger partial charge in [0.15, 0.2) is 0 Å². The number of hydrogen-bond donors (Lipinski definition) is 1. The number of rotatable bonds is 3. The maximum Gasteiger partial charge on any atom is 0.0992 e. The molecule has 5 heteroatoms. The molecule has 1 unspecified atom stereocenters. The van der Waals surface area contributed by atoms with Crippen molar-refractivity contribution in [1.82, 2.24) is 9.97 Å². The van der Waals surface area contributed by atoms with Crippen LogP contribution in [0.15, 0.2) is 41.3 Å². The summed E-state index contributed by atoms with van der Waals surface area (Å²) in [6.45, 7) is 2.01. The van der Waals surface area contributed by atoms with Crippen LogP contribution in [0.4, 0.5) is 5.69 Å². The van der Waals surface area contributed by atoms with Crippen LogP contribution in [0.3, 0.4) is 0 Å². The Morgan fingerprint density at radius 3 is 2.83 bits per heavy atom. The third-order valence-electron chi connectivity index (χ3n) is 2.50. The first-order valence-corrected chi connectivity index (χ1v) is 6.22. The zero-order valence-electron chi connectivity index (χ0n) is 9.76. The topological polar surface area (TPSA) is 61.6 Å². The number of benzene rings is 1. The zero-order chi connectivity index (χ0) is 13.0. The van der Waals surface area contributed by atoms with E-state index in [9.17, 15) is 0 Å². The minimum atomic E-state index is 0.0444. The molecule has 90 valence electrons. The number of nitrogens with one attached hydrogen (secondary N) is 1. The average Bonchev–Trinajstić information content (AvgIpc) is 2.42. The summed E-state index contributed by atoms with van der Waals surface area (Å²) in [6.07, 6.45) is 5.05. The fourth-order valence-corrected chi connectivity index (χ4v) is 2.04. The number of hydrogen-bond acceptors (Lipinski definition) is 4. The highest BCUT2D eigenvalue weighted by Gasteiger charge is 2.09. The molecule has 0 aliphatic carbocycles. The Hall–Kier alpha value is -1.93. The summed E-state index contributed by atoms with van der Waals surface area (Å²) in [5.74, 6) is 0. The molecular weight excluding hydrogens is 292 g/mol. The molecule has 0 radical (unpaired) electrons. The van der Waals surface area contributed by atoms with Crippen molar-refractivity contribution in [3.63, 3.8) is 0 Å². The molecule has 0 saturated carbocycles. The van der Waals surface area contributed by atoms with Crippen molar-refractivity contribution >= 4 is 21.6 Å². The number of aromatic nitrogens is 2. The summed E-state index contributed by atoms with van der Waals surface area (Å²) >= 11 is 3.44. The fraction of sp³-hybridized carbons (Fsp3) is 0.154. The van der Waals surface area contributed by atoms with Crippen LogP contribution in [0.1, 0.15) is 24.2 Å². The normalized spacial score (nSPS) is 11.6. The van der Waals surface area contributed by atoms with Gasteiger partial charge in [0.1, 0.15) is 0 Å². The molecule has 2 rings (SSSR count). The third-order valence-corrected chi connectivity index (χ3v) is 3.15. The average molecular weight is 303 g/mol. The molecule has 0 aliphatic rings. The molecular formula is C13H11BrN4. The van der Waals surface area contributed by atoms with Crippen LogP contribution in [-0.2, 0) is 0 Å². The minimum absolute atomic E-state index is 0.0444. The largest absolute Gasteiger partial charge is 0.376 e. The lowest BCUT2D eigenvalue weighted by Gasteiger charge is -2.15. The number of halogens is 1. The van der Waals surface area contributed by atoms with Gasteiger partial charge in [0.25, 0.3) is 0 Å². The van der Waals surface area contributed by atoms with Gasteiger partial charge >= 0.3 is 0 Å². The second-order valence-electron chi connectivity index (χ2n) is 3.80. The summed E-state index contributed by atoms with van der Waals surface area (Å²) < 4.78 is 0.859. The van der Waals surface area contributed by atoms with Gasteiger partial charge < -0.3 is 5.32 Å². The first kappa shape index (κ1) is 12.5. The van der Waals surface area contributed by atoms with E-state index in [1.165, 1.54) is 0 Å². The second-order valence-corrected chi connectivity index (χ2v) is 4.66. The summed E-state index contributed by atoms with van der Waals surface area (Å²) in [4.78, 5) is 8.29. The lowest BCUT2D eigenvalue weighted by Crippen LogP contribution is -2.09. The van der Waals surface area contributed by atoms with Crippen molar-refractivity contribution in [3.05, 3.63) is 52.5 Å². The molecule has 0 saturated heterocycles. The Morgan fingerprint density at radius 1 is 1.39 bits per heavy atom. The molecule has 1 N–H and O–H groups in total. The maximum absolute atomic E-state index is 8.80. The van der Waals surface area contributed by atoms with Crippen LogP contribution < -0.4 is 5.32 Å². The molecule has 1 aromatic heterocycles. The zero-order valence-corrected chi connectivity index (χ0v) is 11.3. The monoisotopic (exact) mass is 302 g/mol. The van der Waals surface area contributed by atoms with E-state index in [-0.39, 0.29) is 6.04 Å². The van der Waals surface area contributed by atoms with Crippen molar-refractivity contribution in [2.45, 2.75) is 13.0 Å². The Bertz CT molecular complexity index is 577. The molecule has 2 aromatic rings. The number of anilines is 1. The highest BCUT2D eigenvalue weighted by atomic mass is 79.9. The van der Waals surface area contributed by atoms with Gasteiger partial charge in [0.05, 0.1) is 29.6 Å². The van der Waals surface area contributed by atoms with Crippen LogP contribution in [0.2, 0.25) is 0 Å². The quantitative estimate of drug-likeness (QED) is 0.945. The van der Waals surface area contributed by atoms with Crippen molar-refractivity contribution in [1.29, 1.82) is 5.26 Å². The van der Waals surface area contributed by atoms with E-state index in [0.29, 0.717) is 5.56 Å². The Morgan fingerprint density at radius 2 is 2.22 bits per heavy atom. The summed E-state index contributed by atoms with van der Waals surface area (Å²) in [5.41, 5.74) is 2.42. The molecule has 0 aliphatic heterocycles. The Kier molecular flexibility index (Phi) is 3.90. The van der Waals surface area contributed by atoms with Gasteiger partial charge in [-0.2, -0.15) is 5.26 Å². The second kappa shape index (κ2) is 5.61. The van der Waals surface area contributed by atoms with E-state index < -0.39 is 0 Å². The molecule has 1 aromatic carbocycles. The third kappa shape index (κ3) is 2.84. The van der Waals surface area contributed by atoms with Gasteiger partial charge in [-0.15, -0.1) is 0 Å². The predicted octanol–water partition coefficient (Wildman–Crippen LogP) is 3.28. The summed E-state index contributed by atoms with van der Waals surface area (Å²) in [7, 11) is 0. The van der Waals surface area contributed by atoms with Crippen LogP contribution >= 0.6 is 15.9 Å². The van der Waals surface area contributed by atoms with Gasteiger partial charge in [-0.25, -0.2) is 0 Å². The van der Waals surface area contributed by atoms with Crippen molar-refractivity contribution in [2.24, 2.45) is 0 Å². The Balaban J connectivity index is 2.18. The van der Waals surface area contributed by atoms with Gasteiger partial charge in [-0.1, -0.05) is 0 Å². The van der Waals surface area contributed by atoms with Crippen LogP contribution in [0.25, 0.3) is 0 Å². The number of nitriles is 1. The van der Waals surface area contributed by atoms with E-state index in [2.05, 4.69) is 37.3 Å². The summed E-state index contributed by atoms with van der Waals surface area (Å²) in [6, 6.07) is 7.57.